The number of benzene rings is 2. The molecule has 21 heavy (non-hydrogen) atoms. The van der Waals surface area contributed by atoms with E-state index in [2.05, 4.69) is 20.7 Å². The number of hydrogen-bond acceptors (Lipinski definition) is 3. The van der Waals surface area contributed by atoms with Gasteiger partial charge in [-0.05, 0) is 40.2 Å². The molecule has 0 aliphatic rings. The van der Waals surface area contributed by atoms with Crippen molar-refractivity contribution in [3.8, 4) is 0 Å². The smallest absolute Gasteiger partial charge is 0.265 e. The highest BCUT2D eigenvalue weighted by Crippen LogP contribution is 2.35. The molecule has 0 saturated carbocycles. The lowest BCUT2D eigenvalue weighted by atomic mass is 10.3. The summed E-state index contributed by atoms with van der Waals surface area (Å²) in [4.78, 5) is -0.265. The van der Waals surface area contributed by atoms with Crippen LogP contribution in [0.4, 0.5) is 15.8 Å². The summed E-state index contributed by atoms with van der Waals surface area (Å²) >= 11 is 14.8. The first-order valence-electron chi connectivity index (χ1n) is 5.43. The largest absolute Gasteiger partial charge is 0.398 e. The Morgan fingerprint density at radius 1 is 1.19 bits per heavy atom. The lowest BCUT2D eigenvalue weighted by Gasteiger charge is -2.14. The van der Waals surface area contributed by atoms with E-state index < -0.39 is 15.8 Å². The van der Waals surface area contributed by atoms with Crippen molar-refractivity contribution in [2.75, 3.05) is 10.5 Å². The van der Waals surface area contributed by atoms with Gasteiger partial charge in [0.2, 0.25) is 0 Å². The fourth-order valence-electron chi connectivity index (χ4n) is 1.63. The molecule has 0 saturated heterocycles. The third kappa shape index (κ3) is 3.42. The van der Waals surface area contributed by atoms with Gasteiger partial charge in [0.25, 0.3) is 10.0 Å². The molecule has 112 valence electrons. The number of anilines is 2. The van der Waals surface area contributed by atoms with Crippen LogP contribution in [0.1, 0.15) is 0 Å². The van der Waals surface area contributed by atoms with Gasteiger partial charge in [-0.1, -0.05) is 29.3 Å². The topological polar surface area (TPSA) is 72.2 Å². The zero-order valence-corrected chi connectivity index (χ0v) is 14.1. The molecule has 2 aromatic carbocycles. The van der Waals surface area contributed by atoms with Crippen LogP contribution in [-0.4, -0.2) is 8.42 Å². The van der Waals surface area contributed by atoms with Gasteiger partial charge in [0.05, 0.1) is 21.4 Å². The van der Waals surface area contributed by atoms with Gasteiger partial charge < -0.3 is 5.73 Å². The molecule has 0 aliphatic carbocycles. The Morgan fingerprint density at radius 2 is 1.86 bits per heavy atom. The maximum atomic E-state index is 13.2. The monoisotopic (exact) mass is 412 g/mol. The number of halogens is 4. The summed E-state index contributed by atoms with van der Waals surface area (Å²) < 4.78 is 40.3. The number of nitrogens with one attached hydrogen (secondary N) is 1. The molecule has 2 aromatic rings. The highest BCUT2D eigenvalue weighted by molar-refractivity contribution is 9.10. The van der Waals surface area contributed by atoms with Gasteiger partial charge in [-0.2, -0.15) is 0 Å². The lowest BCUT2D eigenvalue weighted by molar-refractivity contribution is 0.601. The molecular weight excluding hydrogens is 406 g/mol. The second-order valence-corrected chi connectivity index (χ2v) is 7.30. The molecule has 4 nitrogen and oxygen atoms in total. The van der Waals surface area contributed by atoms with Crippen molar-refractivity contribution in [1.29, 1.82) is 0 Å². The summed E-state index contributed by atoms with van der Waals surface area (Å²) in [5.74, 6) is -0.605. The normalized spacial score (nSPS) is 11.4. The summed E-state index contributed by atoms with van der Waals surface area (Å²) in [5, 5.41) is -0.132. The number of rotatable bonds is 3. The van der Waals surface area contributed by atoms with Crippen molar-refractivity contribution < 1.29 is 12.8 Å². The Balaban J connectivity index is 2.53. The maximum absolute atomic E-state index is 13.2. The summed E-state index contributed by atoms with van der Waals surface area (Å²) in [6.07, 6.45) is 0. The van der Waals surface area contributed by atoms with E-state index in [-0.39, 0.29) is 30.8 Å². The Morgan fingerprint density at radius 3 is 2.43 bits per heavy atom. The van der Waals surface area contributed by atoms with E-state index >= 15 is 0 Å². The molecule has 0 radical (unpaired) electrons. The SMILES string of the molecule is Nc1cccc(Cl)c1S(=O)(=O)Nc1c(Cl)cc(F)cc1Br. The zero-order chi connectivity index (χ0) is 15.8. The first-order valence-corrected chi connectivity index (χ1v) is 8.47. The average molecular weight is 414 g/mol. The van der Waals surface area contributed by atoms with E-state index in [4.69, 9.17) is 28.9 Å². The molecule has 0 unspecified atom stereocenters. The minimum Gasteiger partial charge on any atom is -0.398 e. The van der Waals surface area contributed by atoms with Crippen LogP contribution in [0.15, 0.2) is 39.7 Å². The summed E-state index contributed by atoms with van der Waals surface area (Å²) in [5.41, 5.74) is 5.64. The predicted octanol–water partition coefficient (Wildman–Crippen LogP) is 4.28. The van der Waals surface area contributed by atoms with E-state index in [0.717, 1.165) is 12.1 Å². The quantitative estimate of drug-likeness (QED) is 0.737. The average Bonchev–Trinajstić information content (AvgIpc) is 2.33. The van der Waals surface area contributed by atoms with E-state index in [9.17, 15) is 12.8 Å². The molecule has 0 heterocycles. The van der Waals surface area contributed by atoms with Crippen molar-refractivity contribution in [3.63, 3.8) is 0 Å². The van der Waals surface area contributed by atoms with Crippen LogP contribution in [0, 0.1) is 5.82 Å². The molecule has 0 atom stereocenters. The molecular formula is C12H8BrCl2FN2O2S. The molecule has 2 rings (SSSR count). The predicted molar refractivity (Wildman–Crippen MR) is 85.8 cm³/mol. The van der Waals surface area contributed by atoms with Gasteiger partial charge in [-0.25, -0.2) is 12.8 Å². The molecule has 3 N–H and O–H groups in total. The lowest BCUT2D eigenvalue weighted by Crippen LogP contribution is -2.16. The summed E-state index contributed by atoms with van der Waals surface area (Å²) in [6.45, 7) is 0. The van der Waals surface area contributed by atoms with E-state index in [1.54, 1.807) is 0 Å². The molecule has 9 heteroatoms. The molecule has 0 aromatic heterocycles. The molecule has 0 spiro atoms. The minimum atomic E-state index is -4.08. The van der Waals surface area contributed by atoms with Gasteiger partial charge in [0.15, 0.2) is 0 Å². The second kappa shape index (κ2) is 6.00. The van der Waals surface area contributed by atoms with Crippen molar-refractivity contribution in [3.05, 3.63) is 50.7 Å². The number of hydrogen-bond donors (Lipinski definition) is 2. The Labute approximate surface area is 139 Å². The van der Waals surface area contributed by atoms with Crippen LogP contribution in [-0.2, 0) is 10.0 Å². The minimum absolute atomic E-state index is 0.00242. The Kier molecular flexibility index (Phi) is 4.67. The highest BCUT2D eigenvalue weighted by Gasteiger charge is 2.23. The van der Waals surface area contributed by atoms with E-state index in [1.807, 2.05) is 0 Å². The maximum Gasteiger partial charge on any atom is 0.265 e. The fraction of sp³-hybridized carbons (Fsp3) is 0. The Hall–Kier alpha value is -1.02. The highest BCUT2D eigenvalue weighted by atomic mass is 79.9. The Bertz CT molecular complexity index is 772. The van der Waals surface area contributed by atoms with Crippen LogP contribution >= 0.6 is 39.1 Å². The summed E-state index contributed by atoms with van der Waals surface area (Å²) in [7, 11) is -4.08. The number of sulfonamides is 1. The zero-order valence-electron chi connectivity index (χ0n) is 10.2. The van der Waals surface area contributed by atoms with E-state index in [1.165, 1.54) is 18.2 Å². The van der Waals surface area contributed by atoms with Crippen LogP contribution in [0.3, 0.4) is 0 Å². The van der Waals surface area contributed by atoms with Crippen LogP contribution in [0.5, 0.6) is 0 Å². The van der Waals surface area contributed by atoms with Gasteiger partial charge >= 0.3 is 0 Å². The van der Waals surface area contributed by atoms with Crippen molar-refractivity contribution in [1.82, 2.24) is 0 Å². The van der Waals surface area contributed by atoms with Gasteiger partial charge in [0, 0.05) is 4.47 Å². The summed E-state index contributed by atoms with van der Waals surface area (Å²) in [6, 6.07) is 6.40. The number of nitrogen functional groups attached to an aromatic ring is 1. The third-order valence-corrected chi connectivity index (χ3v) is 5.33. The van der Waals surface area contributed by atoms with E-state index in [0.29, 0.717) is 0 Å². The second-order valence-electron chi connectivity index (χ2n) is 4.01. The van der Waals surface area contributed by atoms with Crippen molar-refractivity contribution in [2.24, 2.45) is 0 Å². The fourth-order valence-corrected chi connectivity index (χ4v) is 4.50. The first-order chi connectivity index (χ1) is 9.72. The van der Waals surface area contributed by atoms with Gasteiger partial charge in [-0.15, -0.1) is 0 Å². The molecule has 0 bridgehead atoms. The third-order valence-electron chi connectivity index (χ3n) is 2.51. The van der Waals surface area contributed by atoms with Crippen LogP contribution < -0.4 is 10.5 Å². The number of nitrogens with two attached hydrogens (primary N) is 1. The van der Waals surface area contributed by atoms with Gasteiger partial charge in [0.1, 0.15) is 10.7 Å². The van der Waals surface area contributed by atoms with Crippen molar-refractivity contribution in [2.45, 2.75) is 4.90 Å². The van der Waals surface area contributed by atoms with Crippen LogP contribution in [0.2, 0.25) is 10.0 Å². The van der Waals surface area contributed by atoms with Gasteiger partial charge in [-0.3, -0.25) is 4.72 Å². The van der Waals surface area contributed by atoms with Crippen LogP contribution in [0.25, 0.3) is 0 Å². The first kappa shape index (κ1) is 16.4. The molecule has 0 amide bonds. The van der Waals surface area contributed by atoms with Crippen molar-refractivity contribution >= 4 is 60.5 Å². The standard InChI is InChI=1S/C12H8BrCl2FN2O2S/c13-7-4-6(16)5-9(15)11(7)18-21(19,20)12-8(14)2-1-3-10(12)17/h1-5,18H,17H2. The molecule has 0 fully saturated rings. The molecule has 0 aliphatic heterocycles.